The van der Waals surface area contributed by atoms with Crippen molar-refractivity contribution in [1.82, 2.24) is 9.97 Å². The van der Waals surface area contributed by atoms with Gasteiger partial charge in [-0.25, -0.2) is 9.97 Å². The Morgan fingerprint density at radius 3 is 2.76 bits per heavy atom. The quantitative estimate of drug-likeness (QED) is 0.718. The largest absolute Gasteiger partial charge is 0.395 e. The Morgan fingerprint density at radius 2 is 2.18 bits per heavy atom. The molecule has 0 fully saturated rings. The summed E-state index contributed by atoms with van der Waals surface area (Å²) in [6, 6.07) is 1.70. The number of hydrogen-bond acceptors (Lipinski definition) is 6. The summed E-state index contributed by atoms with van der Waals surface area (Å²) in [5.74, 6) is 1.71. The molecule has 1 aromatic heterocycles. The highest BCUT2D eigenvalue weighted by Crippen LogP contribution is 2.14. The number of aliphatic hydroxyl groups is 1. The van der Waals surface area contributed by atoms with Gasteiger partial charge in [0.1, 0.15) is 18.2 Å². The molecule has 0 spiro atoms. The van der Waals surface area contributed by atoms with Crippen molar-refractivity contribution in [3.05, 3.63) is 11.9 Å². The van der Waals surface area contributed by atoms with Crippen LogP contribution in [-0.4, -0.2) is 41.4 Å². The van der Waals surface area contributed by atoms with E-state index >= 15 is 0 Å². The average molecular weight is 240 g/mol. The first-order valence-corrected chi connectivity index (χ1v) is 5.78. The standard InChI is InChI=1S/C11H20N4O2/c1-3-15(5-6-16)11-7-9(12)13-10(14-11)8-17-4-2/h7,16H,3-6,8H2,1-2H3,(H2,12,13,14). The van der Waals surface area contributed by atoms with Crippen molar-refractivity contribution in [1.29, 1.82) is 0 Å². The molecule has 6 nitrogen and oxygen atoms in total. The summed E-state index contributed by atoms with van der Waals surface area (Å²) in [4.78, 5) is 10.4. The summed E-state index contributed by atoms with van der Waals surface area (Å²) in [5, 5.41) is 8.97. The summed E-state index contributed by atoms with van der Waals surface area (Å²) in [7, 11) is 0. The molecule has 0 bridgehead atoms. The number of nitrogens with two attached hydrogens (primary N) is 1. The first kappa shape index (κ1) is 13.7. The Morgan fingerprint density at radius 1 is 1.41 bits per heavy atom. The van der Waals surface area contributed by atoms with Gasteiger partial charge in [-0.05, 0) is 13.8 Å². The lowest BCUT2D eigenvalue weighted by Gasteiger charge is -2.21. The third kappa shape index (κ3) is 4.16. The molecule has 96 valence electrons. The van der Waals surface area contributed by atoms with Crippen LogP contribution in [0.1, 0.15) is 19.7 Å². The Bertz CT molecular complexity index is 346. The molecule has 1 rings (SSSR count). The third-order valence-electron chi connectivity index (χ3n) is 2.29. The lowest BCUT2D eigenvalue weighted by atomic mass is 10.4. The van der Waals surface area contributed by atoms with Gasteiger partial charge in [0.2, 0.25) is 0 Å². The smallest absolute Gasteiger partial charge is 0.158 e. The second-order valence-electron chi connectivity index (χ2n) is 3.51. The van der Waals surface area contributed by atoms with E-state index < -0.39 is 0 Å². The van der Waals surface area contributed by atoms with Gasteiger partial charge in [-0.3, -0.25) is 0 Å². The zero-order valence-corrected chi connectivity index (χ0v) is 10.4. The van der Waals surface area contributed by atoms with Crippen molar-refractivity contribution in [2.45, 2.75) is 20.5 Å². The van der Waals surface area contributed by atoms with E-state index in [0.717, 1.165) is 12.4 Å². The maximum absolute atomic E-state index is 8.97. The minimum Gasteiger partial charge on any atom is -0.395 e. The van der Waals surface area contributed by atoms with Gasteiger partial charge in [0, 0.05) is 25.8 Å². The summed E-state index contributed by atoms with van der Waals surface area (Å²) in [6.07, 6.45) is 0. The molecule has 6 heteroatoms. The third-order valence-corrected chi connectivity index (χ3v) is 2.29. The SMILES string of the molecule is CCOCc1nc(N)cc(N(CC)CCO)n1. The van der Waals surface area contributed by atoms with Crippen LogP contribution in [0.25, 0.3) is 0 Å². The van der Waals surface area contributed by atoms with Gasteiger partial charge in [-0.2, -0.15) is 0 Å². The summed E-state index contributed by atoms with van der Waals surface area (Å²) < 4.78 is 5.25. The number of nitrogens with zero attached hydrogens (tertiary/aromatic N) is 3. The molecule has 0 aliphatic carbocycles. The van der Waals surface area contributed by atoms with Gasteiger partial charge in [-0.1, -0.05) is 0 Å². The van der Waals surface area contributed by atoms with Gasteiger partial charge < -0.3 is 20.5 Å². The second kappa shape index (κ2) is 7.03. The molecule has 0 aliphatic heterocycles. The van der Waals surface area contributed by atoms with Gasteiger partial charge in [-0.15, -0.1) is 0 Å². The van der Waals surface area contributed by atoms with E-state index in [2.05, 4.69) is 9.97 Å². The average Bonchev–Trinajstić information content (AvgIpc) is 2.32. The molecule has 0 atom stereocenters. The van der Waals surface area contributed by atoms with Crippen LogP contribution in [0.5, 0.6) is 0 Å². The highest BCUT2D eigenvalue weighted by Gasteiger charge is 2.08. The van der Waals surface area contributed by atoms with E-state index in [0.29, 0.717) is 31.4 Å². The second-order valence-corrected chi connectivity index (χ2v) is 3.51. The lowest BCUT2D eigenvalue weighted by molar-refractivity contribution is 0.128. The van der Waals surface area contributed by atoms with Crippen molar-refractivity contribution in [2.75, 3.05) is 36.9 Å². The molecular weight excluding hydrogens is 220 g/mol. The van der Waals surface area contributed by atoms with E-state index in [1.807, 2.05) is 18.7 Å². The molecular formula is C11H20N4O2. The monoisotopic (exact) mass is 240 g/mol. The minimum atomic E-state index is 0.0819. The van der Waals surface area contributed by atoms with Crippen molar-refractivity contribution in [3.8, 4) is 0 Å². The summed E-state index contributed by atoms with van der Waals surface area (Å²) >= 11 is 0. The zero-order valence-electron chi connectivity index (χ0n) is 10.4. The molecule has 17 heavy (non-hydrogen) atoms. The number of aliphatic hydroxyl groups excluding tert-OH is 1. The van der Waals surface area contributed by atoms with Crippen LogP contribution in [-0.2, 0) is 11.3 Å². The van der Waals surface area contributed by atoms with Crippen LogP contribution in [0.3, 0.4) is 0 Å². The first-order chi connectivity index (χ1) is 8.21. The fourth-order valence-corrected chi connectivity index (χ4v) is 1.48. The molecule has 1 aromatic rings. The molecule has 0 amide bonds. The first-order valence-electron chi connectivity index (χ1n) is 5.78. The molecule has 0 saturated carbocycles. The van der Waals surface area contributed by atoms with Crippen molar-refractivity contribution in [3.63, 3.8) is 0 Å². The van der Waals surface area contributed by atoms with Crippen LogP contribution in [0.15, 0.2) is 6.07 Å². The number of rotatable bonds is 7. The predicted molar refractivity (Wildman–Crippen MR) is 66.7 cm³/mol. The van der Waals surface area contributed by atoms with Crippen LogP contribution in [0.2, 0.25) is 0 Å². The van der Waals surface area contributed by atoms with Crippen LogP contribution >= 0.6 is 0 Å². The van der Waals surface area contributed by atoms with Crippen LogP contribution in [0, 0.1) is 0 Å². The number of aromatic nitrogens is 2. The minimum absolute atomic E-state index is 0.0819. The summed E-state index contributed by atoms with van der Waals surface area (Å²) in [5.41, 5.74) is 5.72. The van der Waals surface area contributed by atoms with Crippen molar-refractivity contribution in [2.24, 2.45) is 0 Å². The lowest BCUT2D eigenvalue weighted by Crippen LogP contribution is -2.27. The number of ether oxygens (including phenoxy) is 1. The Balaban J connectivity index is 2.86. The maximum atomic E-state index is 8.97. The molecule has 0 unspecified atom stereocenters. The highest BCUT2D eigenvalue weighted by atomic mass is 16.5. The topological polar surface area (TPSA) is 84.5 Å². The number of nitrogen functional groups attached to an aromatic ring is 1. The van der Waals surface area contributed by atoms with Gasteiger partial charge in [0.25, 0.3) is 0 Å². The molecule has 0 radical (unpaired) electrons. The number of hydrogen-bond donors (Lipinski definition) is 2. The van der Waals surface area contributed by atoms with Gasteiger partial charge in [0.05, 0.1) is 6.61 Å². The molecule has 1 heterocycles. The Labute approximate surface area is 101 Å². The fourth-order valence-electron chi connectivity index (χ4n) is 1.48. The van der Waals surface area contributed by atoms with Crippen LogP contribution in [0.4, 0.5) is 11.6 Å². The number of likely N-dealkylation sites (N-methyl/N-ethyl adjacent to an activating group) is 1. The molecule has 0 saturated heterocycles. The van der Waals surface area contributed by atoms with E-state index in [9.17, 15) is 0 Å². The Kier molecular flexibility index (Phi) is 5.65. The van der Waals surface area contributed by atoms with E-state index in [1.54, 1.807) is 6.07 Å². The van der Waals surface area contributed by atoms with Crippen molar-refractivity contribution >= 4 is 11.6 Å². The number of anilines is 2. The normalized spacial score (nSPS) is 10.5. The van der Waals surface area contributed by atoms with E-state index in [4.69, 9.17) is 15.6 Å². The zero-order chi connectivity index (χ0) is 12.7. The Hall–Kier alpha value is -1.40. The van der Waals surface area contributed by atoms with E-state index in [-0.39, 0.29) is 6.61 Å². The molecule has 0 aromatic carbocycles. The van der Waals surface area contributed by atoms with Crippen molar-refractivity contribution < 1.29 is 9.84 Å². The summed E-state index contributed by atoms with van der Waals surface area (Å²) in [6.45, 7) is 6.24. The fraction of sp³-hybridized carbons (Fsp3) is 0.636. The van der Waals surface area contributed by atoms with E-state index in [1.165, 1.54) is 0 Å². The highest BCUT2D eigenvalue weighted by molar-refractivity contribution is 5.46. The van der Waals surface area contributed by atoms with Gasteiger partial charge >= 0.3 is 0 Å². The molecule has 0 aliphatic rings. The van der Waals surface area contributed by atoms with Crippen LogP contribution < -0.4 is 10.6 Å². The molecule has 3 N–H and O–H groups in total. The predicted octanol–water partition coefficient (Wildman–Crippen LogP) is 0.414. The van der Waals surface area contributed by atoms with Gasteiger partial charge in [0.15, 0.2) is 5.82 Å². The maximum Gasteiger partial charge on any atom is 0.158 e.